The van der Waals surface area contributed by atoms with E-state index in [0.717, 1.165) is 4.47 Å². The summed E-state index contributed by atoms with van der Waals surface area (Å²) >= 11 is 3.26. The van der Waals surface area contributed by atoms with Crippen LogP contribution >= 0.6 is 15.9 Å². The molecule has 0 atom stereocenters. The molecule has 2 nitrogen and oxygen atoms in total. The van der Waals surface area contributed by atoms with Crippen LogP contribution < -0.4 is 10.5 Å². The van der Waals surface area contributed by atoms with Crippen molar-refractivity contribution in [1.29, 1.82) is 0 Å². The van der Waals surface area contributed by atoms with E-state index >= 15 is 0 Å². The molecule has 5 heteroatoms. The molecule has 0 heterocycles. The molecule has 0 saturated carbocycles. The van der Waals surface area contributed by atoms with Gasteiger partial charge in [-0.05, 0) is 48.9 Å². The van der Waals surface area contributed by atoms with Crippen molar-refractivity contribution in [3.8, 4) is 11.5 Å². The summed E-state index contributed by atoms with van der Waals surface area (Å²) in [5, 5.41) is 0. The standard InChI is InChI=1S/C14H12BrF2NO/c15-10-2-1-3-11(8-10)19-14-12(16)6-9(4-5-18)7-13(14)17/h1-3,6-8H,4-5,18H2. The quantitative estimate of drug-likeness (QED) is 0.920. The van der Waals surface area contributed by atoms with E-state index in [2.05, 4.69) is 15.9 Å². The van der Waals surface area contributed by atoms with Gasteiger partial charge in [0, 0.05) is 4.47 Å². The van der Waals surface area contributed by atoms with Gasteiger partial charge in [0.05, 0.1) is 0 Å². The van der Waals surface area contributed by atoms with E-state index < -0.39 is 17.4 Å². The van der Waals surface area contributed by atoms with Gasteiger partial charge in [-0.2, -0.15) is 0 Å². The molecule has 0 aliphatic heterocycles. The molecule has 0 amide bonds. The molecule has 0 bridgehead atoms. The third-order valence-corrected chi connectivity index (χ3v) is 3.00. The van der Waals surface area contributed by atoms with Crippen LogP contribution in [0, 0.1) is 11.6 Å². The first-order chi connectivity index (χ1) is 9.10. The highest BCUT2D eigenvalue weighted by molar-refractivity contribution is 9.10. The zero-order valence-electron chi connectivity index (χ0n) is 10.00. The Morgan fingerprint density at radius 3 is 2.37 bits per heavy atom. The summed E-state index contributed by atoms with van der Waals surface area (Å²) in [6.45, 7) is 0.338. The zero-order chi connectivity index (χ0) is 13.8. The fourth-order valence-corrected chi connectivity index (χ4v) is 2.05. The fourth-order valence-electron chi connectivity index (χ4n) is 1.67. The summed E-state index contributed by atoms with van der Waals surface area (Å²) in [5.41, 5.74) is 5.87. The molecule has 2 aromatic carbocycles. The van der Waals surface area contributed by atoms with Crippen molar-refractivity contribution in [3.63, 3.8) is 0 Å². The fraction of sp³-hybridized carbons (Fsp3) is 0.143. The Hall–Kier alpha value is -1.46. The molecule has 0 unspecified atom stereocenters. The third kappa shape index (κ3) is 3.52. The van der Waals surface area contributed by atoms with Crippen molar-refractivity contribution < 1.29 is 13.5 Å². The van der Waals surface area contributed by atoms with Crippen LogP contribution in [0.4, 0.5) is 8.78 Å². The lowest BCUT2D eigenvalue weighted by molar-refractivity contribution is 0.406. The average Bonchev–Trinajstić information content (AvgIpc) is 2.34. The lowest BCUT2D eigenvalue weighted by atomic mass is 10.1. The van der Waals surface area contributed by atoms with Crippen LogP contribution in [0.1, 0.15) is 5.56 Å². The minimum atomic E-state index is -0.733. The Kier molecular flexibility index (Phi) is 4.50. The van der Waals surface area contributed by atoms with E-state index in [1.165, 1.54) is 12.1 Å². The lowest BCUT2D eigenvalue weighted by Crippen LogP contribution is -2.04. The maximum atomic E-state index is 13.8. The van der Waals surface area contributed by atoms with Crippen LogP contribution in [0.5, 0.6) is 11.5 Å². The molecular weight excluding hydrogens is 316 g/mol. The summed E-state index contributed by atoms with van der Waals surface area (Å²) in [6.07, 6.45) is 0.422. The Morgan fingerprint density at radius 2 is 1.79 bits per heavy atom. The molecule has 0 aromatic heterocycles. The Morgan fingerprint density at radius 1 is 1.11 bits per heavy atom. The van der Waals surface area contributed by atoms with Crippen molar-refractivity contribution in [3.05, 3.63) is 58.1 Å². The number of benzene rings is 2. The van der Waals surface area contributed by atoms with Crippen molar-refractivity contribution in [2.75, 3.05) is 6.54 Å². The van der Waals surface area contributed by atoms with Gasteiger partial charge in [-0.3, -0.25) is 0 Å². The molecule has 0 saturated heterocycles. The summed E-state index contributed by atoms with van der Waals surface area (Å²) in [7, 11) is 0. The highest BCUT2D eigenvalue weighted by atomic mass is 79.9. The van der Waals surface area contributed by atoms with Crippen molar-refractivity contribution in [2.45, 2.75) is 6.42 Å². The first-order valence-corrected chi connectivity index (χ1v) is 6.51. The molecule has 0 aliphatic rings. The van der Waals surface area contributed by atoms with E-state index in [9.17, 15) is 8.78 Å². The summed E-state index contributed by atoms with van der Waals surface area (Å²) in [4.78, 5) is 0. The Balaban J connectivity index is 2.30. The van der Waals surface area contributed by atoms with Crippen LogP contribution in [-0.2, 0) is 6.42 Å². The topological polar surface area (TPSA) is 35.2 Å². The van der Waals surface area contributed by atoms with Gasteiger partial charge in [0.2, 0.25) is 0 Å². The average molecular weight is 328 g/mol. The van der Waals surface area contributed by atoms with E-state index in [1.807, 2.05) is 0 Å². The van der Waals surface area contributed by atoms with E-state index in [-0.39, 0.29) is 0 Å². The maximum absolute atomic E-state index is 13.8. The summed E-state index contributed by atoms with van der Waals surface area (Å²) < 4.78 is 33.6. The van der Waals surface area contributed by atoms with Crippen LogP contribution in [0.15, 0.2) is 40.9 Å². The minimum Gasteiger partial charge on any atom is -0.451 e. The second-order valence-corrected chi connectivity index (χ2v) is 4.90. The first-order valence-electron chi connectivity index (χ1n) is 5.71. The first kappa shape index (κ1) is 14.0. The number of nitrogens with two attached hydrogens (primary N) is 1. The second kappa shape index (κ2) is 6.12. The smallest absolute Gasteiger partial charge is 0.198 e. The van der Waals surface area contributed by atoms with Crippen LogP contribution in [-0.4, -0.2) is 6.54 Å². The second-order valence-electron chi connectivity index (χ2n) is 3.99. The summed E-state index contributed by atoms with van der Waals surface area (Å²) in [5.74, 6) is -1.51. The molecule has 19 heavy (non-hydrogen) atoms. The van der Waals surface area contributed by atoms with Gasteiger partial charge >= 0.3 is 0 Å². The molecule has 0 radical (unpaired) electrons. The molecule has 2 aromatic rings. The van der Waals surface area contributed by atoms with Crippen molar-refractivity contribution in [1.82, 2.24) is 0 Å². The number of ether oxygens (including phenoxy) is 1. The lowest BCUT2D eigenvalue weighted by Gasteiger charge is -2.10. The van der Waals surface area contributed by atoms with Crippen LogP contribution in [0.3, 0.4) is 0 Å². The third-order valence-electron chi connectivity index (χ3n) is 2.51. The highest BCUT2D eigenvalue weighted by Crippen LogP contribution is 2.30. The molecule has 0 spiro atoms. The maximum Gasteiger partial charge on any atom is 0.198 e. The summed E-state index contributed by atoms with van der Waals surface area (Å²) in [6, 6.07) is 9.25. The normalized spacial score (nSPS) is 10.5. The predicted octanol–water partition coefficient (Wildman–Crippen LogP) is 4.02. The van der Waals surface area contributed by atoms with E-state index in [0.29, 0.717) is 24.3 Å². The molecule has 100 valence electrons. The number of rotatable bonds is 4. The van der Waals surface area contributed by atoms with Gasteiger partial charge in [0.25, 0.3) is 0 Å². The van der Waals surface area contributed by atoms with Gasteiger partial charge in [-0.15, -0.1) is 0 Å². The van der Waals surface area contributed by atoms with E-state index in [4.69, 9.17) is 10.5 Å². The monoisotopic (exact) mass is 327 g/mol. The molecule has 2 rings (SSSR count). The van der Waals surface area contributed by atoms with Gasteiger partial charge in [0.1, 0.15) is 5.75 Å². The zero-order valence-corrected chi connectivity index (χ0v) is 11.6. The van der Waals surface area contributed by atoms with Crippen LogP contribution in [0.2, 0.25) is 0 Å². The molecule has 2 N–H and O–H groups in total. The SMILES string of the molecule is NCCc1cc(F)c(Oc2cccc(Br)c2)c(F)c1. The van der Waals surface area contributed by atoms with Crippen molar-refractivity contribution in [2.24, 2.45) is 5.73 Å². The number of hydrogen-bond donors (Lipinski definition) is 1. The molecular formula is C14H12BrF2NO. The highest BCUT2D eigenvalue weighted by Gasteiger charge is 2.13. The number of hydrogen-bond acceptors (Lipinski definition) is 2. The van der Waals surface area contributed by atoms with Gasteiger partial charge in [0.15, 0.2) is 17.4 Å². The van der Waals surface area contributed by atoms with Gasteiger partial charge in [-0.25, -0.2) is 8.78 Å². The Labute approximate surface area is 118 Å². The number of halogens is 3. The minimum absolute atomic E-state index is 0.338. The van der Waals surface area contributed by atoms with Gasteiger partial charge < -0.3 is 10.5 Å². The molecule has 0 fully saturated rings. The van der Waals surface area contributed by atoms with E-state index in [1.54, 1.807) is 24.3 Å². The van der Waals surface area contributed by atoms with Crippen molar-refractivity contribution >= 4 is 15.9 Å². The Bertz CT molecular complexity index is 566. The predicted molar refractivity (Wildman–Crippen MR) is 73.3 cm³/mol. The van der Waals surface area contributed by atoms with Gasteiger partial charge in [-0.1, -0.05) is 22.0 Å². The largest absolute Gasteiger partial charge is 0.451 e. The van der Waals surface area contributed by atoms with Crippen LogP contribution in [0.25, 0.3) is 0 Å². The molecule has 0 aliphatic carbocycles.